The van der Waals surface area contributed by atoms with E-state index < -0.39 is 80.1 Å². The molecule has 0 spiro atoms. The van der Waals surface area contributed by atoms with Crippen LogP contribution in [0.1, 0.15) is 51.0 Å². The van der Waals surface area contributed by atoms with Crippen LogP contribution in [-0.4, -0.2) is 68.4 Å². The summed E-state index contributed by atoms with van der Waals surface area (Å²) < 4.78 is 252. The van der Waals surface area contributed by atoms with Crippen LogP contribution in [0.3, 0.4) is 0 Å². The molecule has 4 nitrogen and oxygen atoms in total. The molecule has 0 aliphatic heterocycles. The first-order valence-electron chi connectivity index (χ1n) is 15.3. The van der Waals surface area contributed by atoms with E-state index in [4.69, 9.17) is 4.74 Å². The van der Waals surface area contributed by atoms with Crippen LogP contribution < -0.4 is 4.74 Å². The van der Waals surface area contributed by atoms with Gasteiger partial charge >= 0.3 is 42.5 Å². The number of rotatable bonds is 22. The highest BCUT2D eigenvalue weighted by Gasteiger charge is 2.85. The number of aryl methyl sites for hydroxylation is 1. The highest BCUT2D eigenvalue weighted by Crippen LogP contribution is 2.56. The van der Waals surface area contributed by atoms with Crippen LogP contribution in [0.4, 0.5) is 79.0 Å². The summed E-state index contributed by atoms with van der Waals surface area (Å²) in [6.07, 6.45) is -32.0. The summed E-state index contributed by atoms with van der Waals surface area (Å²) in [5, 5.41) is 0. The minimum Gasteiger partial charge on any atom is -0.490 e. The SMILES string of the molecule is CCCCCCCCc1ccc(-c2ccc(OCC(F)COCC(F)(F)OC(F)(F)C(F)(F)OC(F)(F)C(F)(F)C(F)(F)C(F)(F)F)cc2)c(F)c1F. The lowest BCUT2D eigenvalue weighted by molar-refractivity contribution is -0.543. The number of hydrogen-bond acceptors (Lipinski definition) is 4. The fourth-order valence-corrected chi connectivity index (χ4v) is 4.29. The largest absolute Gasteiger partial charge is 0.490 e. The predicted octanol–water partition coefficient (Wildman–Crippen LogP) is 11.5. The molecule has 0 radical (unpaired) electrons. The smallest absolute Gasteiger partial charge is 0.460 e. The Bertz CT molecular complexity index is 1450. The summed E-state index contributed by atoms with van der Waals surface area (Å²) in [4.78, 5) is 0. The molecule has 22 heteroatoms. The van der Waals surface area contributed by atoms with Gasteiger partial charge in [0, 0.05) is 5.56 Å². The second-order valence-electron chi connectivity index (χ2n) is 11.4. The zero-order chi connectivity index (χ0) is 40.7. The van der Waals surface area contributed by atoms with Crippen molar-refractivity contribution >= 4 is 0 Å². The molecule has 1 atom stereocenters. The lowest BCUT2D eigenvalue weighted by atomic mass is 9.99. The molecule has 0 aromatic heterocycles. The van der Waals surface area contributed by atoms with Gasteiger partial charge in [0.2, 0.25) is 0 Å². The molecule has 2 aromatic rings. The van der Waals surface area contributed by atoms with Gasteiger partial charge in [-0.3, -0.25) is 0 Å². The standard InChI is InChI=1S/C31H30F18O4/c1-2-3-4-5-6-7-8-19-11-14-22(24(34)23(19)33)18-9-12-21(13-10-18)51-16-20(32)15-50-17-25(35,36)52-30(46,47)31(48,49)53-29(44,45)27(39,40)26(37,38)28(41,42)43/h9-14,20H,2-8,15-17H2,1H3. The van der Waals surface area contributed by atoms with Crippen molar-refractivity contribution in [3.05, 3.63) is 53.6 Å². The molecule has 53 heavy (non-hydrogen) atoms. The van der Waals surface area contributed by atoms with Crippen LogP contribution >= 0.6 is 0 Å². The van der Waals surface area contributed by atoms with E-state index in [-0.39, 0.29) is 22.4 Å². The average molecular weight is 809 g/mol. The summed E-state index contributed by atoms with van der Waals surface area (Å²) in [5.74, 6) is -18.1. The van der Waals surface area contributed by atoms with Gasteiger partial charge in [0.15, 0.2) is 17.8 Å². The van der Waals surface area contributed by atoms with Gasteiger partial charge in [-0.25, -0.2) is 22.6 Å². The molecule has 2 aromatic carbocycles. The van der Waals surface area contributed by atoms with Crippen LogP contribution in [-0.2, 0) is 20.6 Å². The maximum Gasteiger partial charge on any atom is 0.460 e. The molecule has 0 N–H and O–H groups in total. The first-order valence-corrected chi connectivity index (χ1v) is 15.3. The van der Waals surface area contributed by atoms with E-state index >= 15 is 0 Å². The van der Waals surface area contributed by atoms with E-state index in [1.54, 1.807) is 0 Å². The number of hydrogen-bond donors (Lipinski definition) is 0. The van der Waals surface area contributed by atoms with E-state index in [2.05, 4.69) is 16.4 Å². The van der Waals surface area contributed by atoms with Crippen LogP contribution in [0.15, 0.2) is 36.4 Å². The fraction of sp³-hybridized carbons (Fsp3) is 0.613. The van der Waals surface area contributed by atoms with Gasteiger partial charge in [-0.05, 0) is 36.1 Å². The Morgan fingerprint density at radius 2 is 1.13 bits per heavy atom. The highest BCUT2D eigenvalue weighted by atomic mass is 19.4. The maximum atomic E-state index is 14.8. The van der Waals surface area contributed by atoms with Gasteiger partial charge in [0.25, 0.3) is 0 Å². The Balaban J connectivity index is 1.91. The minimum absolute atomic E-state index is 0.120. The Morgan fingerprint density at radius 1 is 0.585 bits per heavy atom. The number of halogens is 18. The zero-order valence-electron chi connectivity index (χ0n) is 27.0. The molecule has 0 aliphatic rings. The third-order valence-corrected chi connectivity index (χ3v) is 7.12. The third kappa shape index (κ3) is 11.7. The quantitative estimate of drug-likeness (QED) is 0.0877. The van der Waals surface area contributed by atoms with Crippen molar-refractivity contribution in [2.75, 3.05) is 19.8 Å². The molecule has 0 bridgehead atoms. The van der Waals surface area contributed by atoms with Crippen LogP contribution in [0.2, 0.25) is 0 Å². The second kappa shape index (κ2) is 17.5. The summed E-state index contributed by atoms with van der Waals surface area (Å²) in [6, 6.07) is 7.62. The lowest BCUT2D eigenvalue weighted by Gasteiger charge is -2.36. The van der Waals surface area contributed by atoms with Crippen molar-refractivity contribution in [3.8, 4) is 16.9 Å². The van der Waals surface area contributed by atoms with Gasteiger partial charge in [-0.1, -0.05) is 63.3 Å². The molecule has 2 rings (SSSR count). The molecule has 0 saturated heterocycles. The molecule has 304 valence electrons. The van der Waals surface area contributed by atoms with E-state index in [9.17, 15) is 79.0 Å². The highest BCUT2D eigenvalue weighted by molar-refractivity contribution is 5.65. The fourth-order valence-electron chi connectivity index (χ4n) is 4.29. The van der Waals surface area contributed by atoms with Gasteiger partial charge in [0.05, 0.1) is 6.61 Å². The second-order valence-corrected chi connectivity index (χ2v) is 11.4. The first kappa shape index (κ1) is 46.0. The molecule has 0 amide bonds. The van der Waals surface area contributed by atoms with Crippen molar-refractivity contribution in [3.63, 3.8) is 0 Å². The molecule has 1 unspecified atom stereocenters. The van der Waals surface area contributed by atoms with E-state index in [1.165, 1.54) is 41.1 Å². The Morgan fingerprint density at radius 3 is 1.70 bits per heavy atom. The summed E-state index contributed by atoms with van der Waals surface area (Å²) >= 11 is 0. The van der Waals surface area contributed by atoms with Crippen LogP contribution in [0.5, 0.6) is 5.75 Å². The summed E-state index contributed by atoms with van der Waals surface area (Å²) in [5.41, 5.74) is 0.241. The van der Waals surface area contributed by atoms with E-state index in [0.717, 1.165) is 32.1 Å². The average Bonchev–Trinajstić information content (AvgIpc) is 3.02. The van der Waals surface area contributed by atoms with Gasteiger partial charge < -0.3 is 9.47 Å². The Labute approximate surface area is 289 Å². The summed E-state index contributed by atoms with van der Waals surface area (Å²) in [7, 11) is 0. The molecule has 0 heterocycles. The monoisotopic (exact) mass is 808 g/mol. The predicted molar refractivity (Wildman–Crippen MR) is 148 cm³/mol. The normalized spacial score (nSPS) is 14.5. The molecule has 0 saturated carbocycles. The van der Waals surface area contributed by atoms with Crippen molar-refractivity contribution in [2.24, 2.45) is 0 Å². The van der Waals surface area contributed by atoms with E-state index in [1.807, 2.05) is 0 Å². The number of ether oxygens (including phenoxy) is 4. The number of benzene rings is 2. The van der Waals surface area contributed by atoms with Crippen molar-refractivity contribution < 1.29 is 98.0 Å². The molecule has 0 aliphatic carbocycles. The molecular formula is C31H30F18O4. The van der Waals surface area contributed by atoms with Crippen molar-refractivity contribution in [1.29, 1.82) is 0 Å². The van der Waals surface area contributed by atoms with E-state index in [0.29, 0.717) is 12.8 Å². The lowest BCUT2D eigenvalue weighted by Crippen LogP contribution is -2.64. The Kier molecular flexibility index (Phi) is 15.2. The Hall–Kier alpha value is -3.14. The summed E-state index contributed by atoms with van der Waals surface area (Å²) in [6.45, 7) is -3.02. The molecular weight excluding hydrogens is 778 g/mol. The van der Waals surface area contributed by atoms with Crippen molar-refractivity contribution in [2.45, 2.75) is 100 Å². The first-order chi connectivity index (χ1) is 24.1. The topological polar surface area (TPSA) is 36.9 Å². The van der Waals surface area contributed by atoms with Crippen LogP contribution in [0, 0.1) is 11.6 Å². The van der Waals surface area contributed by atoms with Gasteiger partial charge in [0.1, 0.15) is 19.0 Å². The van der Waals surface area contributed by atoms with Gasteiger partial charge in [-0.2, -0.15) is 65.9 Å². The number of alkyl halides is 16. The molecule has 0 fully saturated rings. The third-order valence-electron chi connectivity index (χ3n) is 7.12. The van der Waals surface area contributed by atoms with Gasteiger partial charge in [-0.15, -0.1) is 0 Å². The minimum atomic E-state index is -7.99. The maximum absolute atomic E-state index is 14.8. The zero-order valence-corrected chi connectivity index (χ0v) is 27.0. The number of unbranched alkanes of at least 4 members (excludes halogenated alkanes) is 5. The van der Waals surface area contributed by atoms with Crippen molar-refractivity contribution in [1.82, 2.24) is 0 Å². The van der Waals surface area contributed by atoms with Crippen LogP contribution in [0.25, 0.3) is 11.1 Å².